The van der Waals surface area contributed by atoms with E-state index in [1.807, 2.05) is 6.07 Å². The van der Waals surface area contributed by atoms with E-state index in [0.29, 0.717) is 5.75 Å². The maximum absolute atomic E-state index is 11.6. The number of ketones is 1. The Bertz CT molecular complexity index is 710. The molecule has 2 N–H and O–H groups in total. The quantitative estimate of drug-likeness (QED) is 0.823. The molecule has 0 bridgehead atoms. The SMILES string of the molecule is CC(=O)c1ccc(Oc2ccccc2)nc1C(C)(O)C(=O)O. The van der Waals surface area contributed by atoms with Gasteiger partial charge in [-0.2, -0.15) is 0 Å². The molecule has 6 nitrogen and oxygen atoms in total. The minimum Gasteiger partial charge on any atom is -0.479 e. The molecule has 22 heavy (non-hydrogen) atoms. The molecule has 0 radical (unpaired) electrons. The van der Waals surface area contributed by atoms with Crippen LogP contribution in [0, 0.1) is 0 Å². The number of hydrogen-bond donors (Lipinski definition) is 2. The number of carboxylic acids is 1. The highest BCUT2D eigenvalue weighted by atomic mass is 16.5. The molecule has 1 unspecified atom stereocenters. The second-order valence-electron chi connectivity index (χ2n) is 4.89. The molecule has 1 aromatic carbocycles. The van der Waals surface area contributed by atoms with Gasteiger partial charge in [0.2, 0.25) is 11.5 Å². The number of Topliss-reactive ketones (excluding diaryl/α,β-unsaturated/α-hetero) is 1. The third-order valence-corrected chi connectivity index (χ3v) is 3.09. The number of nitrogens with zero attached hydrogens (tertiary/aromatic N) is 1. The third-order valence-electron chi connectivity index (χ3n) is 3.09. The number of hydrogen-bond acceptors (Lipinski definition) is 5. The number of carbonyl (C=O) groups is 2. The van der Waals surface area contributed by atoms with E-state index in [1.165, 1.54) is 19.1 Å². The van der Waals surface area contributed by atoms with Crippen molar-refractivity contribution in [2.75, 3.05) is 0 Å². The molecule has 6 heteroatoms. The first-order valence-electron chi connectivity index (χ1n) is 6.53. The Hall–Kier alpha value is -2.73. The van der Waals surface area contributed by atoms with Crippen LogP contribution in [0.4, 0.5) is 0 Å². The molecule has 1 heterocycles. The van der Waals surface area contributed by atoms with Crippen LogP contribution in [0.25, 0.3) is 0 Å². The summed E-state index contributed by atoms with van der Waals surface area (Å²) in [6.45, 7) is 2.34. The van der Waals surface area contributed by atoms with Crippen LogP contribution in [0.3, 0.4) is 0 Å². The summed E-state index contributed by atoms with van der Waals surface area (Å²) in [5, 5.41) is 19.3. The fourth-order valence-corrected chi connectivity index (χ4v) is 1.86. The third kappa shape index (κ3) is 3.12. The largest absolute Gasteiger partial charge is 0.479 e. The molecule has 0 aliphatic heterocycles. The summed E-state index contributed by atoms with van der Waals surface area (Å²) in [5.41, 5.74) is -2.51. The standard InChI is InChI=1S/C16H15NO5/c1-10(18)12-8-9-13(22-11-6-4-3-5-7-11)17-14(12)16(2,21)15(19)20/h3-9,21H,1-2H3,(H,19,20). The van der Waals surface area contributed by atoms with Gasteiger partial charge in [0.15, 0.2) is 5.78 Å². The van der Waals surface area contributed by atoms with Crippen LogP contribution in [-0.2, 0) is 10.4 Å². The number of aliphatic carboxylic acids is 1. The highest BCUT2D eigenvalue weighted by Gasteiger charge is 2.37. The molecule has 0 fully saturated rings. The van der Waals surface area contributed by atoms with E-state index in [-0.39, 0.29) is 17.1 Å². The number of aromatic nitrogens is 1. The van der Waals surface area contributed by atoms with Crippen LogP contribution < -0.4 is 4.74 Å². The minimum atomic E-state index is -2.29. The lowest BCUT2D eigenvalue weighted by molar-refractivity contribution is -0.158. The molecule has 1 atom stereocenters. The van der Waals surface area contributed by atoms with E-state index in [1.54, 1.807) is 24.3 Å². The Balaban J connectivity index is 2.48. The van der Waals surface area contributed by atoms with Gasteiger partial charge >= 0.3 is 5.97 Å². The van der Waals surface area contributed by atoms with Crippen molar-refractivity contribution in [2.24, 2.45) is 0 Å². The first-order valence-corrected chi connectivity index (χ1v) is 6.53. The van der Waals surface area contributed by atoms with Gasteiger partial charge < -0.3 is 14.9 Å². The lowest BCUT2D eigenvalue weighted by atomic mass is 9.95. The van der Waals surface area contributed by atoms with Crippen molar-refractivity contribution in [1.82, 2.24) is 4.98 Å². The van der Waals surface area contributed by atoms with Crippen LogP contribution in [0.2, 0.25) is 0 Å². The lowest BCUT2D eigenvalue weighted by Gasteiger charge is -2.20. The molecule has 0 aliphatic carbocycles. The van der Waals surface area contributed by atoms with Crippen LogP contribution in [0.5, 0.6) is 11.6 Å². The van der Waals surface area contributed by atoms with Crippen molar-refractivity contribution >= 4 is 11.8 Å². The fourth-order valence-electron chi connectivity index (χ4n) is 1.86. The Labute approximate surface area is 127 Å². The second kappa shape index (κ2) is 5.95. The van der Waals surface area contributed by atoms with E-state index >= 15 is 0 Å². The summed E-state index contributed by atoms with van der Waals surface area (Å²) >= 11 is 0. The van der Waals surface area contributed by atoms with E-state index in [9.17, 15) is 14.7 Å². The lowest BCUT2D eigenvalue weighted by Crippen LogP contribution is -2.34. The number of aliphatic hydroxyl groups is 1. The predicted molar refractivity (Wildman–Crippen MR) is 78.0 cm³/mol. The van der Waals surface area contributed by atoms with Gasteiger partial charge in [-0.3, -0.25) is 4.79 Å². The monoisotopic (exact) mass is 301 g/mol. The van der Waals surface area contributed by atoms with Gasteiger partial charge in [0.1, 0.15) is 5.75 Å². The van der Waals surface area contributed by atoms with Crippen molar-refractivity contribution in [3.63, 3.8) is 0 Å². The summed E-state index contributed by atoms with van der Waals surface area (Å²) in [5.74, 6) is -1.30. The van der Waals surface area contributed by atoms with Gasteiger partial charge in [-0.1, -0.05) is 18.2 Å². The van der Waals surface area contributed by atoms with Gasteiger partial charge in [-0.25, -0.2) is 9.78 Å². The van der Waals surface area contributed by atoms with Crippen LogP contribution in [0.1, 0.15) is 29.9 Å². The van der Waals surface area contributed by atoms with Crippen molar-refractivity contribution in [3.8, 4) is 11.6 Å². The van der Waals surface area contributed by atoms with Crippen LogP contribution >= 0.6 is 0 Å². The zero-order chi connectivity index (χ0) is 16.3. The van der Waals surface area contributed by atoms with E-state index in [0.717, 1.165) is 6.92 Å². The molecular weight excluding hydrogens is 286 g/mol. The number of pyridine rings is 1. The number of carboxylic acid groups (broad SMARTS) is 1. The van der Waals surface area contributed by atoms with E-state index < -0.39 is 17.4 Å². The molecule has 0 saturated heterocycles. The van der Waals surface area contributed by atoms with Crippen molar-refractivity contribution in [2.45, 2.75) is 19.4 Å². The van der Waals surface area contributed by atoms with E-state index in [2.05, 4.69) is 4.98 Å². The topological polar surface area (TPSA) is 96.7 Å². The summed E-state index contributed by atoms with van der Waals surface area (Å²) in [4.78, 5) is 26.9. The molecule has 114 valence electrons. The molecular formula is C16H15NO5. The molecule has 0 saturated carbocycles. The smallest absolute Gasteiger partial charge is 0.341 e. The Morgan fingerprint density at radius 2 is 1.77 bits per heavy atom. The Morgan fingerprint density at radius 1 is 1.14 bits per heavy atom. The Kier molecular flexibility index (Phi) is 4.23. The number of ether oxygens (including phenoxy) is 1. The number of carbonyl (C=O) groups excluding carboxylic acids is 1. The normalized spacial score (nSPS) is 13.2. The highest BCUT2D eigenvalue weighted by molar-refractivity contribution is 5.97. The zero-order valence-electron chi connectivity index (χ0n) is 12.1. The van der Waals surface area contributed by atoms with Gasteiger partial charge in [0, 0.05) is 11.6 Å². The average molecular weight is 301 g/mol. The molecule has 0 aliphatic rings. The average Bonchev–Trinajstić information content (AvgIpc) is 2.47. The highest BCUT2D eigenvalue weighted by Crippen LogP contribution is 2.27. The Morgan fingerprint density at radius 3 is 2.32 bits per heavy atom. The first kappa shape index (κ1) is 15.7. The number of benzene rings is 1. The van der Waals surface area contributed by atoms with Gasteiger partial charge in [-0.15, -0.1) is 0 Å². The molecule has 2 aromatic rings. The summed E-state index contributed by atoms with van der Waals surface area (Å²) in [6.07, 6.45) is 0. The fraction of sp³-hybridized carbons (Fsp3) is 0.188. The van der Waals surface area contributed by atoms with Gasteiger partial charge in [0.25, 0.3) is 0 Å². The van der Waals surface area contributed by atoms with E-state index in [4.69, 9.17) is 9.84 Å². The molecule has 0 spiro atoms. The van der Waals surface area contributed by atoms with Gasteiger partial charge in [-0.05, 0) is 32.0 Å². The maximum atomic E-state index is 11.6. The molecule has 2 rings (SSSR count). The molecule has 1 aromatic heterocycles. The summed E-state index contributed by atoms with van der Waals surface area (Å²) in [7, 11) is 0. The van der Waals surface area contributed by atoms with Crippen molar-refractivity contribution in [1.29, 1.82) is 0 Å². The van der Waals surface area contributed by atoms with Crippen molar-refractivity contribution < 1.29 is 24.5 Å². The first-order chi connectivity index (χ1) is 10.3. The zero-order valence-corrected chi connectivity index (χ0v) is 12.1. The maximum Gasteiger partial charge on any atom is 0.341 e. The van der Waals surface area contributed by atoms with Crippen molar-refractivity contribution in [3.05, 3.63) is 53.7 Å². The number of para-hydroxylation sites is 1. The predicted octanol–water partition coefficient (Wildman–Crippen LogP) is 2.37. The van der Waals surface area contributed by atoms with Gasteiger partial charge in [0.05, 0.1) is 5.69 Å². The summed E-state index contributed by atoms with van der Waals surface area (Å²) < 4.78 is 5.50. The number of rotatable bonds is 5. The molecule has 0 amide bonds. The second-order valence-corrected chi connectivity index (χ2v) is 4.89. The van der Waals surface area contributed by atoms with Crippen LogP contribution in [0.15, 0.2) is 42.5 Å². The summed E-state index contributed by atoms with van der Waals surface area (Å²) in [6, 6.07) is 11.6. The minimum absolute atomic E-state index is 0.0350. The van der Waals surface area contributed by atoms with Crippen LogP contribution in [-0.4, -0.2) is 26.9 Å².